The molecule has 0 N–H and O–H groups in total. The molecule has 676 valence electrons. The van der Waals surface area contributed by atoms with E-state index in [0.29, 0.717) is 0 Å². The number of hydrogen-bond acceptors (Lipinski definition) is 8. The fraction of sp³-hybridized carbons (Fsp3) is 0.188. The Morgan fingerprint density at radius 2 is 0.250 bits per heavy atom. The summed E-state index contributed by atoms with van der Waals surface area (Å²) in [6.45, 7) is 34.3. The molecule has 0 atom stereocenters. The minimum absolute atomic E-state index is 0.846. The molecule has 0 aliphatic rings. The standard InChI is InChI=1S/2C64H58O4/c2*1-39-31-51(65-9)32-40(2)61(39)57-15-13-16-58(62-41(3)33-52(66-10)34-42(62)4)55(57)29-23-47-19-25-49(26-20-47)50-27-21-48(22-28-50)24-30-56-59(63-43(5)35-53(67-11)36-44(63)6)17-14-18-60(56)64-45(7)37-54(68-12)38-46(64)8/h2*13-22,25-28,31-38H,1-12H3. The molecule has 0 spiro atoms. The summed E-state index contributed by atoms with van der Waals surface area (Å²) in [5.74, 6) is 35.6. The summed E-state index contributed by atoms with van der Waals surface area (Å²) in [6.07, 6.45) is 0. The zero-order valence-corrected chi connectivity index (χ0v) is 82.7. The van der Waals surface area contributed by atoms with Gasteiger partial charge < -0.3 is 37.9 Å². The molecule has 0 fully saturated rings. The smallest absolute Gasteiger partial charge is 0.119 e. The van der Waals surface area contributed by atoms with E-state index in [1.165, 1.54) is 44.5 Å². The lowest BCUT2D eigenvalue weighted by molar-refractivity contribution is 0.414. The van der Waals surface area contributed by atoms with Crippen molar-refractivity contribution in [3.63, 3.8) is 0 Å². The molecule has 0 aromatic heterocycles. The second-order valence-electron chi connectivity index (χ2n) is 35.3. The third-order valence-electron chi connectivity index (χ3n) is 25.9. The van der Waals surface area contributed by atoms with Crippen molar-refractivity contribution in [3.8, 4) is 205 Å². The average Bonchev–Trinajstić information content (AvgIpc) is 0.775. The van der Waals surface area contributed by atoms with E-state index in [-0.39, 0.29) is 0 Å². The summed E-state index contributed by atoms with van der Waals surface area (Å²) in [5, 5.41) is 0. The van der Waals surface area contributed by atoms with Gasteiger partial charge in [-0.2, -0.15) is 0 Å². The summed E-state index contributed by atoms with van der Waals surface area (Å²) in [5.41, 5.74) is 48.4. The van der Waals surface area contributed by atoms with Gasteiger partial charge in [0, 0.05) is 44.5 Å². The van der Waals surface area contributed by atoms with Crippen LogP contribution in [0.2, 0.25) is 0 Å². The zero-order chi connectivity index (χ0) is 96.4. The number of ether oxygens (including phenoxy) is 8. The predicted octanol–water partition coefficient (Wildman–Crippen LogP) is 30.6. The Labute approximate surface area is 805 Å². The van der Waals surface area contributed by atoms with Gasteiger partial charge in [0.2, 0.25) is 0 Å². The van der Waals surface area contributed by atoms with E-state index in [0.717, 1.165) is 246 Å². The van der Waals surface area contributed by atoms with E-state index >= 15 is 0 Å². The van der Waals surface area contributed by atoms with Crippen LogP contribution in [0.3, 0.4) is 0 Å². The van der Waals surface area contributed by atoms with Crippen molar-refractivity contribution in [2.45, 2.75) is 111 Å². The average molecular weight is 1780 g/mol. The number of rotatable bonds is 18. The number of hydrogen-bond donors (Lipinski definition) is 0. The highest BCUT2D eigenvalue weighted by Gasteiger charge is 2.25. The van der Waals surface area contributed by atoms with Gasteiger partial charge in [-0.3, -0.25) is 0 Å². The molecule has 0 aliphatic carbocycles. The normalized spacial score (nSPS) is 10.7. The third-order valence-corrected chi connectivity index (χ3v) is 25.9. The number of aryl methyl sites for hydroxylation is 16. The molecule has 16 aromatic rings. The van der Waals surface area contributed by atoms with E-state index in [1.54, 1.807) is 56.9 Å². The molecule has 0 heterocycles. The van der Waals surface area contributed by atoms with Crippen LogP contribution < -0.4 is 37.9 Å². The molecule has 8 heteroatoms. The van der Waals surface area contributed by atoms with Crippen molar-refractivity contribution in [2.75, 3.05) is 56.9 Å². The lowest BCUT2D eigenvalue weighted by Gasteiger charge is -2.19. The van der Waals surface area contributed by atoms with E-state index in [1.807, 2.05) is 0 Å². The fourth-order valence-corrected chi connectivity index (χ4v) is 19.7. The highest BCUT2D eigenvalue weighted by Crippen LogP contribution is 2.47. The Balaban J connectivity index is 0.000000207. The predicted molar refractivity (Wildman–Crippen MR) is 565 cm³/mol. The summed E-state index contributed by atoms with van der Waals surface area (Å²) in [6, 6.07) is 93.6. The van der Waals surface area contributed by atoms with Gasteiger partial charge in [-0.25, -0.2) is 0 Å². The second kappa shape index (κ2) is 41.5. The lowest BCUT2D eigenvalue weighted by Crippen LogP contribution is -1.98. The van der Waals surface area contributed by atoms with E-state index in [2.05, 4.69) is 425 Å². The number of benzene rings is 16. The van der Waals surface area contributed by atoms with E-state index in [4.69, 9.17) is 37.9 Å². The van der Waals surface area contributed by atoms with E-state index in [9.17, 15) is 0 Å². The first kappa shape index (κ1) is 94.8. The monoisotopic (exact) mass is 1780 g/mol. The highest BCUT2D eigenvalue weighted by atomic mass is 16.5. The lowest BCUT2D eigenvalue weighted by atomic mass is 9.85. The van der Waals surface area contributed by atoms with Crippen LogP contribution in [-0.4, -0.2) is 56.9 Å². The SMILES string of the molecule is COc1cc(C)c(-c2cccc(-c3c(C)cc(OC)cc3C)c2C#Cc2ccc(-c3ccc(C#Cc4c(-c5c(C)cc(OC)cc5C)cccc4-c4c(C)cc(OC)cc4C)cc3)cc2)c(C)c1.COc1cc(C)c(-c2cccc(-c3c(C)cc(OC)cc3C)c2C#Cc2ccc(-c3ccc(C#Cc4c(-c5c(C)cc(OC)cc5C)cccc4-c4c(C)cc(OC)cc4C)cc3)cc2)c(C)c1. The molecule has 8 nitrogen and oxygen atoms in total. The molecule has 0 unspecified atom stereocenters. The minimum atomic E-state index is 0.846. The first-order chi connectivity index (χ1) is 65.6. The van der Waals surface area contributed by atoms with E-state index < -0.39 is 0 Å². The van der Waals surface area contributed by atoms with Gasteiger partial charge in [-0.1, -0.05) is 169 Å². The van der Waals surface area contributed by atoms with Crippen LogP contribution in [0.15, 0.2) is 267 Å². The fourth-order valence-electron chi connectivity index (χ4n) is 19.7. The quantitative estimate of drug-likeness (QED) is 0.0787. The maximum atomic E-state index is 5.63. The minimum Gasteiger partial charge on any atom is -0.497 e. The Morgan fingerprint density at radius 3 is 0.353 bits per heavy atom. The summed E-state index contributed by atoms with van der Waals surface area (Å²) < 4.78 is 45.1. The zero-order valence-electron chi connectivity index (χ0n) is 82.7. The topological polar surface area (TPSA) is 73.8 Å². The second-order valence-corrected chi connectivity index (χ2v) is 35.3. The molecule has 0 amide bonds. The molecule has 136 heavy (non-hydrogen) atoms. The Kier molecular flexibility index (Phi) is 28.9. The van der Waals surface area contributed by atoms with Crippen LogP contribution in [0.4, 0.5) is 0 Å². The molecule has 16 rings (SSSR count). The molecule has 16 aromatic carbocycles. The van der Waals surface area contributed by atoms with Crippen LogP contribution in [0.5, 0.6) is 46.0 Å². The maximum absolute atomic E-state index is 5.63. The molecule has 0 radical (unpaired) electrons. The first-order valence-electron chi connectivity index (χ1n) is 45.9. The van der Waals surface area contributed by atoms with Gasteiger partial charge in [-0.05, 0) is 457 Å². The van der Waals surface area contributed by atoms with Gasteiger partial charge in [0.05, 0.1) is 56.9 Å². The van der Waals surface area contributed by atoms with Crippen LogP contribution in [0, 0.1) is 158 Å². The summed E-state index contributed by atoms with van der Waals surface area (Å²) in [7, 11) is 13.7. The molecule has 0 saturated carbocycles. The number of methoxy groups -OCH3 is 8. The van der Waals surface area contributed by atoms with Crippen molar-refractivity contribution >= 4 is 0 Å². The molecule has 0 bridgehead atoms. The van der Waals surface area contributed by atoms with Crippen molar-refractivity contribution in [3.05, 3.63) is 400 Å². The van der Waals surface area contributed by atoms with Gasteiger partial charge in [-0.15, -0.1) is 0 Å². The van der Waals surface area contributed by atoms with Crippen molar-refractivity contribution in [2.24, 2.45) is 0 Å². The van der Waals surface area contributed by atoms with Gasteiger partial charge in [0.25, 0.3) is 0 Å². The van der Waals surface area contributed by atoms with Crippen LogP contribution in [0.25, 0.3) is 111 Å². The van der Waals surface area contributed by atoms with Gasteiger partial charge in [0.15, 0.2) is 0 Å². The maximum Gasteiger partial charge on any atom is 0.119 e. The van der Waals surface area contributed by atoms with Gasteiger partial charge in [0.1, 0.15) is 46.0 Å². The van der Waals surface area contributed by atoms with Crippen molar-refractivity contribution in [1.29, 1.82) is 0 Å². The summed E-state index contributed by atoms with van der Waals surface area (Å²) in [4.78, 5) is 0. The molecular weight excluding hydrogens is 1670 g/mol. The Hall–Kier alpha value is -15.8. The van der Waals surface area contributed by atoms with Crippen LogP contribution in [0.1, 0.15) is 134 Å². The molecule has 0 saturated heterocycles. The first-order valence-corrected chi connectivity index (χ1v) is 45.9. The van der Waals surface area contributed by atoms with Crippen molar-refractivity contribution < 1.29 is 37.9 Å². The van der Waals surface area contributed by atoms with Crippen LogP contribution in [-0.2, 0) is 0 Å². The molecular formula is C128H116O8. The highest BCUT2D eigenvalue weighted by molar-refractivity contribution is 5.93. The van der Waals surface area contributed by atoms with Crippen molar-refractivity contribution in [1.82, 2.24) is 0 Å². The Morgan fingerprint density at radius 1 is 0.140 bits per heavy atom. The summed E-state index contributed by atoms with van der Waals surface area (Å²) >= 11 is 0. The third kappa shape index (κ3) is 20.1. The van der Waals surface area contributed by atoms with Crippen LogP contribution >= 0.6 is 0 Å². The van der Waals surface area contributed by atoms with Gasteiger partial charge >= 0.3 is 0 Å². The molecule has 0 aliphatic heterocycles. The largest absolute Gasteiger partial charge is 0.497 e. The Bertz CT molecular complexity index is 6200.